The molecule has 142 valence electrons. The van der Waals surface area contributed by atoms with Crippen LogP contribution in [0.5, 0.6) is 0 Å². The molecule has 2 aliphatic heterocycles. The second kappa shape index (κ2) is 7.05. The number of hydrogen-bond acceptors (Lipinski definition) is 6. The number of hydrogen-bond donors (Lipinski definition) is 1. The van der Waals surface area contributed by atoms with Gasteiger partial charge in [0.05, 0.1) is 17.6 Å². The number of H-pyrrole nitrogens is 1. The summed E-state index contributed by atoms with van der Waals surface area (Å²) in [6.45, 7) is 5.68. The van der Waals surface area contributed by atoms with Crippen LogP contribution >= 0.6 is 0 Å². The molecule has 7 nitrogen and oxygen atoms in total. The van der Waals surface area contributed by atoms with E-state index in [2.05, 4.69) is 45.1 Å². The first-order chi connectivity index (χ1) is 13.2. The smallest absolute Gasteiger partial charge is 0.255 e. The number of rotatable bonds is 4. The standard InChI is InChI=1S/C20H25N5O2/c1-13-4-5-15-16(11-13)22-19(21-15)14-6-8-25(9-7-14)12-18-23-20(27-24-18)17-3-2-10-26-17/h4-5,11,14,17H,2-3,6-10,12H2,1H3,(H,21,22)/t17-/m1/s1. The predicted octanol–water partition coefficient (Wildman–Crippen LogP) is 3.49. The van der Waals surface area contributed by atoms with Gasteiger partial charge in [-0.05, 0) is 63.4 Å². The van der Waals surface area contributed by atoms with Gasteiger partial charge in [-0.3, -0.25) is 4.90 Å². The molecule has 0 aliphatic carbocycles. The monoisotopic (exact) mass is 367 g/mol. The van der Waals surface area contributed by atoms with Crippen molar-refractivity contribution >= 4 is 11.0 Å². The Morgan fingerprint density at radius 2 is 2.07 bits per heavy atom. The zero-order chi connectivity index (χ0) is 18.2. The molecule has 0 saturated carbocycles. The van der Waals surface area contributed by atoms with Crippen LogP contribution in [0.2, 0.25) is 0 Å². The third-order valence-corrected chi connectivity index (χ3v) is 5.68. The first-order valence-corrected chi connectivity index (χ1v) is 9.87. The minimum absolute atomic E-state index is 0.00583. The number of nitrogens with one attached hydrogen (secondary N) is 1. The number of aromatic amines is 1. The van der Waals surface area contributed by atoms with Crippen LogP contribution in [0.1, 0.15) is 60.8 Å². The van der Waals surface area contributed by atoms with Gasteiger partial charge in [-0.25, -0.2) is 4.98 Å². The number of nitrogens with zero attached hydrogens (tertiary/aromatic N) is 4. The number of piperidine rings is 1. The molecule has 0 unspecified atom stereocenters. The van der Waals surface area contributed by atoms with E-state index >= 15 is 0 Å². The normalized spacial score (nSPS) is 22.0. The highest BCUT2D eigenvalue weighted by molar-refractivity contribution is 5.75. The summed E-state index contributed by atoms with van der Waals surface area (Å²) in [4.78, 5) is 15.3. The van der Waals surface area contributed by atoms with E-state index < -0.39 is 0 Å². The van der Waals surface area contributed by atoms with Gasteiger partial charge < -0.3 is 14.2 Å². The number of imidazole rings is 1. The van der Waals surface area contributed by atoms with Crippen molar-refractivity contribution in [3.05, 3.63) is 41.3 Å². The molecule has 2 aliphatic rings. The highest BCUT2D eigenvalue weighted by Crippen LogP contribution is 2.29. The summed E-state index contributed by atoms with van der Waals surface area (Å²) in [6, 6.07) is 6.38. The fourth-order valence-corrected chi connectivity index (χ4v) is 4.14. The fourth-order valence-electron chi connectivity index (χ4n) is 4.14. The van der Waals surface area contributed by atoms with Crippen molar-refractivity contribution in [2.45, 2.75) is 51.2 Å². The molecule has 0 spiro atoms. The van der Waals surface area contributed by atoms with Crippen LogP contribution in [0.25, 0.3) is 11.0 Å². The van der Waals surface area contributed by atoms with Crippen LogP contribution in [0.4, 0.5) is 0 Å². The third kappa shape index (κ3) is 3.49. The molecular weight excluding hydrogens is 342 g/mol. The largest absolute Gasteiger partial charge is 0.368 e. The second-order valence-corrected chi connectivity index (χ2v) is 7.74. The molecule has 2 aromatic heterocycles. The number of aromatic nitrogens is 4. The summed E-state index contributed by atoms with van der Waals surface area (Å²) in [6.07, 6.45) is 4.22. The van der Waals surface area contributed by atoms with Crippen molar-refractivity contribution in [2.75, 3.05) is 19.7 Å². The Balaban J connectivity index is 1.19. The summed E-state index contributed by atoms with van der Waals surface area (Å²) < 4.78 is 11.0. The van der Waals surface area contributed by atoms with E-state index in [4.69, 9.17) is 14.2 Å². The van der Waals surface area contributed by atoms with E-state index in [0.29, 0.717) is 11.8 Å². The summed E-state index contributed by atoms with van der Waals surface area (Å²) in [5.41, 5.74) is 3.46. The van der Waals surface area contributed by atoms with Crippen molar-refractivity contribution in [3.8, 4) is 0 Å². The van der Waals surface area contributed by atoms with E-state index in [9.17, 15) is 0 Å². The topological polar surface area (TPSA) is 80.1 Å². The van der Waals surface area contributed by atoms with Crippen LogP contribution in [-0.2, 0) is 11.3 Å². The molecule has 0 radical (unpaired) electrons. The molecule has 7 heteroatoms. The Labute approximate surface area is 158 Å². The SMILES string of the molecule is Cc1ccc2nc(C3CCN(Cc4noc([C@H]5CCCO5)n4)CC3)[nH]c2c1. The quantitative estimate of drug-likeness (QED) is 0.760. The van der Waals surface area contributed by atoms with E-state index in [-0.39, 0.29) is 6.10 Å². The molecule has 2 saturated heterocycles. The van der Waals surface area contributed by atoms with Crippen molar-refractivity contribution in [1.82, 2.24) is 25.0 Å². The van der Waals surface area contributed by atoms with E-state index in [1.165, 1.54) is 5.56 Å². The average Bonchev–Trinajstić information content (AvgIpc) is 3.42. The molecule has 1 aromatic carbocycles. The number of benzene rings is 1. The van der Waals surface area contributed by atoms with Gasteiger partial charge in [-0.15, -0.1) is 0 Å². The maximum Gasteiger partial charge on any atom is 0.255 e. The molecule has 0 bridgehead atoms. The zero-order valence-electron chi connectivity index (χ0n) is 15.6. The van der Waals surface area contributed by atoms with Crippen LogP contribution in [0, 0.1) is 6.92 Å². The number of aryl methyl sites for hydroxylation is 1. The van der Waals surface area contributed by atoms with E-state index in [1.807, 2.05) is 0 Å². The lowest BCUT2D eigenvalue weighted by atomic mass is 9.96. The van der Waals surface area contributed by atoms with Crippen LogP contribution in [0.3, 0.4) is 0 Å². The van der Waals surface area contributed by atoms with Gasteiger partial charge in [-0.2, -0.15) is 4.98 Å². The Bertz CT molecular complexity index is 919. The van der Waals surface area contributed by atoms with Crippen molar-refractivity contribution in [2.24, 2.45) is 0 Å². The van der Waals surface area contributed by atoms with Gasteiger partial charge in [0.2, 0.25) is 0 Å². The first-order valence-electron chi connectivity index (χ1n) is 9.87. The lowest BCUT2D eigenvalue weighted by Gasteiger charge is -2.30. The van der Waals surface area contributed by atoms with Gasteiger partial charge >= 0.3 is 0 Å². The predicted molar refractivity (Wildman–Crippen MR) is 100 cm³/mol. The lowest BCUT2D eigenvalue weighted by molar-refractivity contribution is 0.0835. The minimum atomic E-state index is -0.00583. The molecule has 1 atom stereocenters. The van der Waals surface area contributed by atoms with Crippen LogP contribution < -0.4 is 0 Å². The van der Waals surface area contributed by atoms with Crippen LogP contribution in [0.15, 0.2) is 22.7 Å². The Morgan fingerprint density at radius 3 is 2.89 bits per heavy atom. The maximum atomic E-state index is 5.62. The molecule has 2 fully saturated rings. The average molecular weight is 367 g/mol. The Morgan fingerprint density at radius 1 is 1.19 bits per heavy atom. The van der Waals surface area contributed by atoms with E-state index in [1.54, 1.807) is 0 Å². The van der Waals surface area contributed by atoms with E-state index in [0.717, 1.165) is 74.6 Å². The van der Waals surface area contributed by atoms with Crippen molar-refractivity contribution in [1.29, 1.82) is 0 Å². The molecule has 5 rings (SSSR count). The minimum Gasteiger partial charge on any atom is -0.368 e. The lowest BCUT2D eigenvalue weighted by Crippen LogP contribution is -2.33. The Kier molecular flexibility index (Phi) is 4.41. The van der Waals surface area contributed by atoms with Gasteiger partial charge in [0, 0.05) is 12.5 Å². The van der Waals surface area contributed by atoms with Gasteiger partial charge in [-0.1, -0.05) is 11.2 Å². The molecule has 27 heavy (non-hydrogen) atoms. The van der Waals surface area contributed by atoms with Crippen molar-refractivity contribution < 1.29 is 9.26 Å². The van der Waals surface area contributed by atoms with Crippen molar-refractivity contribution in [3.63, 3.8) is 0 Å². The number of likely N-dealkylation sites (tertiary alicyclic amines) is 1. The summed E-state index contributed by atoms with van der Waals surface area (Å²) >= 11 is 0. The van der Waals surface area contributed by atoms with Gasteiger partial charge in [0.15, 0.2) is 5.82 Å². The molecular formula is C20H25N5O2. The molecule has 4 heterocycles. The molecule has 3 aromatic rings. The Hall–Kier alpha value is -2.25. The molecule has 1 N–H and O–H groups in total. The maximum absolute atomic E-state index is 5.62. The summed E-state index contributed by atoms with van der Waals surface area (Å²) in [5.74, 6) is 3.00. The van der Waals surface area contributed by atoms with Gasteiger partial charge in [0.1, 0.15) is 11.9 Å². The summed E-state index contributed by atoms with van der Waals surface area (Å²) in [5, 5.41) is 4.14. The zero-order valence-corrected chi connectivity index (χ0v) is 15.6. The van der Waals surface area contributed by atoms with Crippen LogP contribution in [-0.4, -0.2) is 44.7 Å². The fraction of sp³-hybridized carbons (Fsp3) is 0.550. The number of ether oxygens (including phenoxy) is 1. The molecule has 0 amide bonds. The highest BCUT2D eigenvalue weighted by Gasteiger charge is 2.26. The summed E-state index contributed by atoms with van der Waals surface area (Å²) in [7, 11) is 0. The third-order valence-electron chi connectivity index (χ3n) is 5.68. The first kappa shape index (κ1) is 16.9. The van der Waals surface area contributed by atoms with Gasteiger partial charge in [0.25, 0.3) is 5.89 Å². The highest BCUT2D eigenvalue weighted by atomic mass is 16.5. The second-order valence-electron chi connectivity index (χ2n) is 7.74. The number of fused-ring (bicyclic) bond motifs is 1.